The maximum absolute atomic E-state index is 4.57. The Morgan fingerprint density at radius 3 is 3.25 bits per heavy atom. The van der Waals surface area contributed by atoms with E-state index in [9.17, 15) is 0 Å². The van der Waals surface area contributed by atoms with Crippen LogP contribution in [0.15, 0.2) is 22.8 Å². The first-order chi connectivity index (χ1) is 7.83. The van der Waals surface area contributed by atoms with Crippen LogP contribution in [0, 0.1) is 0 Å². The Hall–Kier alpha value is -0.550. The Labute approximate surface area is 107 Å². The van der Waals surface area contributed by atoms with Crippen LogP contribution >= 0.6 is 27.7 Å². The molecule has 3 nitrogen and oxygen atoms in total. The average molecular weight is 298 g/mol. The predicted octanol–water partition coefficient (Wildman–Crippen LogP) is 2.93. The second kappa shape index (κ2) is 4.37. The highest BCUT2D eigenvalue weighted by atomic mass is 79.9. The van der Waals surface area contributed by atoms with E-state index in [1.165, 1.54) is 18.6 Å². The lowest BCUT2D eigenvalue weighted by atomic mass is 10.2. The van der Waals surface area contributed by atoms with Gasteiger partial charge in [-0.2, -0.15) is 16.9 Å². The Balaban J connectivity index is 1.90. The van der Waals surface area contributed by atoms with Crippen molar-refractivity contribution in [3.63, 3.8) is 0 Å². The molecule has 0 spiro atoms. The highest BCUT2D eigenvalue weighted by molar-refractivity contribution is 9.10. The lowest BCUT2D eigenvalue weighted by Gasteiger charge is -2.02. The summed E-state index contributed by atoms with van der Waals surface area (Å²) in [6.07, 6.45) is 5.59. The number of pyridine rings is 1. The SMILES string of the molecule is Brc1cccn2nc(CC3CCCS3)nc12. The topological polar surface area (TPSA) is 30.2 Å². The van der Waals surface area contributed by atoms with Crippen LogP contribution in [0.25, 0.3) is 5.65 Å². The zero-order chi connectivity index (χ0) is 11.0. The number of nitrogens with zero attached hydrogens (tertiary/aromatic N) is 3. The van der Waals surface area contributed by atoms with Gasteiger partial charge in [0.1, 0.15) is 0 Å². The maximum Gasteiger partial charge on any atom is 0.169 e. The van der Waals surface area contributed by atoms with Crippen molar-refractivity contribution in [2.45, 2.75) is 24.5 Å². The van der Waals surface area contributed by atoms with Gasteiger partial charge < -0.3 is 0 Å². The molecule has 16 heavy (non-hydrogen) atoms. The van der Waals surface area contributed by atoms with Gasteiger partial charge >= 0.3 is 0 Å². The van der Waals surface area contributed by atoms with E-state index in [4.69, 9.17) is 0 Å². The van der Waals surface area contributed by atoms with Gasteiger partial charge in [-0.1, -0.05) is 0 Å². The number of rotatable bonds is 2. The molecule has 0 bridgehead atoms. The molecule has 2 aromatic rings. The third-order valence-corrected chi connectivity index (χ3v) is 4.81. The summed E-state index contributed by atoms with van der Waals surface area (Å²) in [7, 11) is 0. The molecule has 1 aliphatic heterocycles. The van der Waals surface area contributed by atoms with Gasteiger partial charge in [0, 0.05) is 17.9 Å². The van der Waals surface area contributed by atoms with Crippen molar-refractivity contribution in [1.82, 2.24) is 14.6 Å². The third kappa shape index (κ3) is 1.98. The Morgan fingerprint density at radius 1 is 1.56 bits per heavy atom. The zero-order valence-electron chi connectivity index (χ0n) is 8.77. The van der Waals surface area contributed by atoms with Gasteiger partial charge in [-0.25, -0.2) is 9.50 Å². The lowest BCUT2D eigenvalue weighted by Crippen LogP contribution is -2.03. The van der Waals surface area contributed by atoms with Crippen LogP contribution in [0.5, 0.6) is 0 Å². The van der Waals surface area contributed by atoms with Gasteiger partial charge in [-0.3, -0.25) is 0 Å². The van der Waals surface area contributed by atoms with Gasteiger partial charge in [0.15, 0.2) is 11.5 Å². The monoisotopic (exact) mass is 297 g/mol. The summed E-state index contributed by atoms with van der Waals surface area (Å²) in [5.74, 6) is 2.26. The number of hydrogen-bond acceptors (Lipinski definition) is 3. The molecular formula is C11H12BrN3S. The fourth-order valence-electron chi connectivity index (χ4n) is 2.01. The summed E-state index contributed by atoms with van der Waals surface area (Å²) < 4.78 is 2.85. The summed E-state index contributed by atoms with van der Waals surface area (Å²) >= 11 is 5.54. The van der Waals surface area contributed by atoms with Crippen LogP contribution in [0.3, 0.4) is 0 Å². The van der Waals surface area contributed by atoms with Crippen molar-refractivity contribution in [2.24, 2.45) is 0 Å². The molecule has 3 heterocycles. The van der Waals surface area contributed by atoms with Crippen molar-refractivity contribution < 1.29 is 0 Å². The van der Waals surface area contributed by atoms with Gasteiger partial charge in [0.05, 0.1) is 4.47 Å². The number of fused-ring (bicyclic) bond motifs is 1. The molecule has 1 saturated heterocycles. The highest BCUT2D eigenvalue weighted by Gasteiger charge is 2.18. The molecule has 1 fully saturated rings. The Morgan fingerprint density at radius 2 is 2.50 bits per heavy atom. The first-order valence-electron chi connectivity index (χ1n) is 5.44. The molecule has 0 saturated carbocycles. The quantitative estimate of drug-likeness (QED) is 0.854. The van der Waals surface area contributed by atoms with Crippen LogP contribution in [0.4, 0.5) is 0 Å². The lowest BCUT2D eigenvalue weighted by molar-refractivity contribution is 0.742. The first kappa shape index (κ1) is 10.6. The smallest absolute Gasteiger partial charge is 0.169 e. The molecular weight excluding hydrogens is 286 g/mol. The van der Waals surface area contributed by atoms with Crippen LogP contribution in [-0.4, -0.2) is 25.6 Å². The van der Waals surface area contributed by atoms with E-state index in [-0.39, 0.29) is 0 Å². The van der Waals surface area contributed by atoms with Gasteiger partial charge in [0.25, 0.3) is 0 Å². The van der Waals surface area contributed by atoms with Crippen LogP contribution in [0.2, 0.25) is 0 Å². The number of thioether (sulfide) groups is 1. The predicted molar refractivity (Wildman–Crippen MR) is 69.9 cm³/mol. The van der Waals surface area contributed by atoms with Crippen molar-refractivity contribution in [3.8, 4) is 0 Å². The molecule has 1 unspecified atom stereocenters. The highest BCUT2D eigenvalue weighted by Crippen LogP contribution is 2.28. The number of halogens is 1. The van der Waals surface area contributed by atoms with Gasteiger partial charge in [-0.15, -0.1) is 0 Å². The average Bonchev–Trinajstić information content (AvgIpc) is 2.88. The summed E-state index contributed by atoms with van der Waals surface area (Å²) in [5, 5.41) is 5.22. The van der Waals surface area contributed by atoms with E-state index < -0.39 is 0 Å². The maximum atomic E-state index is 4.57. The van der Waals surface area contributed by atoms with E-state index >= 15 is 0 Å². The largest absolute Gasteiger partial charge is 0.220 e. The minimum absolute atomic E-state index is 0.719. The normalized spacial score (nSPS) is 20.7. The summed E-state index contributed by atoms with van der Waals surface area (Å²) in [6.45, 7) is 0. The molecule has 0 amide bonds. The first-order valence-corrected chi connectivity index (χ1v) is 7.28. The molecule has 84 valence electrons. The second-order valence-corrected chi connectivity index (χ2v) is 6.25. The van der Waals surface area contributed by atoms with Crippen LogP contribution < -0.4 is 0 Å². The molecule has 0 N–H and O–H groups in total. The Bertz CT molecular complexity index is 505. The second-order valence-electron chi connectivity index (χ2n) is 3.99. The minimum atomic E-state index is 0.719. The molecule has 5 heteroatoms. The van der Waals surface area contributed by atoms with Gasteiger partial charge in [-0.05, 0) is 46.7 Å². The van der Waals surface area contributed by atoms with E-state index in [0.717, 1.165) is 27.6 Å². The molecule has 1 atom stereocenters. The molecule has 0 aliphatic carbocycles. The summed E-state index contributed by atoms with van der Waals surface area (Å²) in [4.78, 5) is 4.57. The summed E-state index contributed by atoms with van der Waals surface area (Å²) in [6, 6.07) is 3.97. The van der Waals surface area contributed by atoms with Crippen molar-refractivity contribution in [2.75, 3.05) is 5.75 Å². The van der Waals surface area contributed by atoms with E-state index in [2.05, 4.69) is 37.8 Å². The fourth-order valence-corrected chi connectivity index (χ4v) is 3.70. The fraction of sp³-hybridized carbons (Fsp3) is 0.455. The van der Waals surface area contributed by atoms with Gasteiger partial charge in [0.2, 0.25) is 0 Å². The molecule has 1 aliphatic rings. The van der Waals surface area contributed by atoms with Crippen LogP contribution in [-0.2, 0) is 6.42 Å². The van der Waals surface area contributed by atoms with E-state index in [0.29, 0.717) is 0 Å². The standard InChI is InChI=1S/C11H12BrN3S/c12-9-4-1-5-15-11(9)13-10(14-15)7-8-3-2-6-16-8/h1,4-5,8H,2-3,6-7H2. The molecule has 3 rings (SSSR count). The third-order valence-electron chi connectivity index (χ3n) is 2.79. The molecule has 2 aromatic heterocycles. The van der Waals surface area contributed by atoms with Crippen LogP contribution in [0.1, 0.15) is 18.7 Å². The van der Waals surface area contributed by atoms with Crippen molar-refractivity contribution in [1.29, 1.82) is 0 Å². The Kier molecular flexibility index (Phi) is 2.90. The van der Waals surface area contributed by atoms with Crippen molar-refractivity contribution in [3.05, 3.63) is 28.6 Å². The van der Waals surface area contributed by atoms with E-state index in [1.807, 2.05) is 22.8 Å². The van der Waals surface area contributed by atoms with E-state index in [1.54, 1.807) is 0 Å². The molecule has 0 aromatic carbocycles. The summed E-state index contributed by atoms with van der Waals surface area (Å²) in [5.41, 5.74) is 0.917. The number of aromatic nitrogens is 3. The molecule has 0 radical (unpaired) electrons. The minimum Gasteiger partial charge on any atom is -0.220 e. The zero-order valence-corrected chi connectivity index (χ0v) is 11.2. The van der Waals surface area contributed by atoms with Crippen molar-refractivity contribution >= 4 is 33.3 Å². The number of hydrogen-bond donors (Lipinski definition) is 0.